The average Bonchev–Trinajstić information content (AvgIpc) is 0.833. The summed E-state index contributed by atoms with van der Waals surface area (Å²) in [5.74, 6) is 7.98. The number of nitrogens with one attached hydrogen (secondary N) is 5. The largest absolute Gasteiger partial charge is 0.496 e. The number of methoxy groups -OCH3 is 3. The third-order valence-corrected chi connectivity index (χ3v) is 32.3. The fourth-order valence-corrected chi connectivity index (χ4v) is 22.5. The fraction of sp³-hybridized carbons (Fsp3) is 0.598. The summed E-state index contributed by atoms with van der Waals surface area (Å²) in [5.41, 5.74) is 4.26. The number of hydrogen-bond acceptors (Lipinski definition) is 32. The summed E-state index contributed by atoms with van der Waals surface area (Å²) in [7, 11) is 6.79. The highest BCUT2D eigenvalue weighted by Crippen LogP contribution is 2.48. The molecule has 5 amide bonds. The number of likely N-dealkylation sites (tertiary alicyclic amines) is 1. The lowest BCUT2D eigenvalue weighted by molar-refractivity contribution is -0.335. The molecule has 5 saturated heterocycles. The number of aliphatic hydroxyl groups is 5. The zero-order chi connectivity index (χ0) is 102. The maximum absolute atomic E-state index is 14.6. The van der Waals surface area contributed by atoms with Gasteiger partial charge in [0.2, 0.25) is 35.0 Å². The first-order valence-electron chi connectivity index (χ1n) is 47.5. The predicted octanol–water partition coefficient (Wildman–Crippen LogP) is 11.3. The number of nitrogens with zero attached hydrogens (tertiary/aromatic N) is 1. The number of rotatable bonds is 44. The Morgan fingerprint density at radius 2 is 1.54 bits per heavy atom. The number of amides is 5. The van der Waals surface area contributed by atoms with Crippen molar-refractivity contribution < 1.29 is 135 Å². The first-order chi connectivity index (χ1) is 66.4. The van der Waals surface area contributed by atoms with Gasteiger partial charge in [-0.3, -0.25) is 52.9 Å². The maximum atomic E-state index is 14.6. The normalized spacial score (nSPS) is 28.0. The Morgan fingerprint density at radius 3 is 2.23 bits per heavy atom. The van der Waals surface area contributed by atoms with Gasteiger partial charge in [-0.1, -0.05) is 134 Å². The summed E-state index contributed by atoms with van der Waals surface area (Å²) in [5, 5.41) is 67.3. The zero-order valence-corrected chi connectivity index (χ0v) is 86.7. The molecule has 1 aromatic heterocycles. The third-order valence-electron chi connectivity index (χ3n) is 26.4. The van der Waals surface area contributed by atoms with Gasteiger partial charge < -0.3 is 103 Å². The van der Waals surface area contributed by atoms with Gasteiger partial charge in [-0.2, -0.15) is 5.48 Å². The highest BCUT2D eigenvalue weighted by atomic mass is 127. The molecule has 2 bridgehead atoms. The van der Waals surface area contributed by atoms with Crippen LogP contribution < -0.4 is 30.9 Å². The van der Waals surface area contributed by atoms with E-state index in [0.717, 1.165) is 28.2 Å². The van der Waals surface area contributed by atoms with Gasteiger partial charge in [-0.25, -0.2) is 4.79 Å². The number of halogens is 1. The molecule has 0 radical (unpaired) electrons. The van der Waals surface area contributed by atoms with Crippen LogP contribution in [0.5, 0.6) is 11.5 Å². The highest BCUT2D eigenvalue weighted by molar-refractivity contribution is 14.1. The quantitative estimate of drug-likeness (QED) is 0.00374. The minimum absolute atomic E-state index is 0.00457. The molecule has 18 unspecified atom stereocenters. The van der Waals surface area contributed by atoms with E-state index in [2.05, 4.69) is 50.1 Å². The molecule has 5 fully saturated rings. The number of unbranched alkanes of at least 4 members (excludes halogenated alkanes) is 2. The number of carbonyl (C=O) groups is 11. The van der Waals surface area contributed by atoms with Crippen LogP contribution in [0.1, 0.15) is 205 Å². The number of allylic oxidation sites excluding steroid dienone is 2. The van der Waals surface area contributed by atoms with Gasteiger partial charge in [0.25, 0.3) is 0 Å². The number of Topliss-reactive ketones (excluding diaryl/α,β-unsaturated/α-hetero) is 4. The van der Waals surface area contributed by atoms with E-state index in [-0.39, 0.29) is 182 Å². The Balaban J connectivity index is 0.664. The van der Waals surface area contributed by atoms with E-state index in [1.807, 2.05) is 94.6 Å². The number of fused-ring (bicyclic) bond motifs is 3. The number of imide groups is 1. The summed E-state index contributed by atoms with van der Waals surface area (Å²) in [4.78, 5) is 159. The number of esters is 1. The van der Waals surface area contributed by atoms with Gasteiger partial charge >= 0.3 is 12.1 Å². The summed E-state index contributed by atoms with van der Waals surface area (Å²) in [6.45, 7) is 23.7. The molecule has 4 aromatic rings. The molecular weight excluding hydrogens is 1980 g/mol. The molecule has 11 rings (SSSR count). The molecule has 5 aliphatic heterocycles. The van der Waals surface area contributed by atoms with Crippen LogP contribution in [0, 0.1) is 70.2 Å². The number of aliphatic hydroxyl groups excluding tert-OH is 4. The Hall–Kier alpha value is -8.47. The molecule has 6 heterocycles. The number of hydrogen-bond donors (Lipinski definition) is 10. The summed E-state index contributed by atoms with van der Waals surface area (Å²) >= 11 is 2.89. The van der Waals surface area contributed by atoms with Crippen LogP contribution in [0.15, 0.2) is 89.7 Å². The lowest BCUT2D eigenvalue weighted by Crippen LogP contribution is -2.64. The van der Waals surface area contributed by atoms with Gasteiger partial charge in [-0.15, -0.1) is 0 Å². The number of carbonyl (C=O) groups excluding carboxylic acids is 11. The summed E-state index contributed by atoms with van der Waals surface area (Å²) in [6, 6.07) is 12.2. The van der Waals surface area contributed by atoms with E-state index >= 15 is 0 Å². The molecule has 38 heteroatoms. The van der Waals surface area contributed by atoms with Gasteiger partial charge in [-0.05, 0) is 168 Å². The van der Waals surface area contributed by atoms with Crippen LogP contribution in [0.4, 0.5) is 10.5 Å². The number of thioether (sulfide) groups is 1. The van der Waals surface area contributed by atoms with Crippen molar-refractivity contribution in [3.63, 3.8) is 0 Å². The molecule has 22 atom stereocenters. The van der Waals surface area contributed by atoms with E-state index in [1.165, 1.54) is 66.9 Å². The SMILES string of the molecule is COC(=O)CC1=C2/C(=C/CSSC(C)(C)CCC(=O)CCCNC(=O)OCc3ccc(NC(=O)[C@H](C)CC(=O)[C@H](Cc4c[nH]c5ccccc45)NC(=O)CCCCCN4C(=O)CC(C(C)(C)C)C4=O)cc3)[C@](O)(C#C/C=C\C#C[C@@H]2OC2OC(C)C(NOC3CC(O)C(SC(=O)c4c(C)c(I)c(OC5OC(C)C(O)C(OC)C5O)c(C)c4OC)C(C)O3)C(O)C2OC2CC(C)C(CC(C)=O)CO2)CC1=O. The minimum atomic E-state index is -2.18. The Bertz CT molecular complexity index is 5350. The van der Waals surface area contributed by atoms with Gasteiger partial charge in [0.15, 0.2) is 36.0 Å². The fourth-order valence-electron chi connectivity index (χ4n) is 18.1. The molecular formula is C102H133IN6O28S3. The van der Waals surface area contributed by atoms with Crippen LogP contribution in [0.3, 0.4) is 0 Å². The topological polar surface area (TPSA) is 467 Å². The number of aromatic nitrogens is 1. The second kappa shape index (κ2) is 50.8. The number of ether oxygens (including phenoxy) is 11. The van der Waals surface area contributed by atoms with Crippen molar-refractivity contribution in [3.8, 4) is 35.2 Å². The second-order valence-electron chi connectivity index (χ2n) is 38.6. The minimum Gasteiger partial charge on any atom is -0.496 e. The number of para-hydroxylation sites is 1. The Labute approximate surface area is 842 Å². The standard InChI is InChI=1S/C102H133IN6O28S3/c1-54-44-80(129-53-64(54)45-56(3)110)135-92-87(119)85(108-137-81-49-74(113)93(61(8)131-81)139-96(123)82-57(4)84(103)90(58(5)89(82)127-15)136-97-88(120)91(128-16)86(118)60(7)133-97)59(6)132-98(92)134-76-30-20-17-18-24-38-102(125)50-75(114)68(47-79(117)126-14)83(76)69(102)37-42-138-140-101(12,13)39-36-66(111)27-26-40-104-99(124)130-52-62-32-34-65(35-33-62)106-94(121)55(2)43-73(112)72(46-63-51-105-71-29-23-22-28-67(63)71)107-77(115)31-21-19-25-41-109-78(116)48-70(95(109)122)100(9,10)11/h17-18,22-23,28-29,32-35,37,51,54-55,59-61,64,70,72,74,76,80-81,85-88,91-93,97-98,105,108,113,118-120,125H,19,21,25-27,31,36,39-50,52-53H2,1-16H3,(H,104,124)(H,106,121)(H,107,115)/b18-17-,69-37-/t54?,55-,59?,60?,61?,64?,70?,72+,74?,76+,80?,81?,85?,86?,87?,88?,91?,92?,93?,97?,98?,102+/m1/s1. The Morgan fingerprint density at radius 1 is 0.807 bits per heavy atom. The number of alkyl carbamates (subject to hydrolysis) is 1. The number of anilines is 1. The van der Waals surface area contributed by atoms with Crippen molar-refractivity contribution in [2.45, 2.75) is 313 Å². The average molecular weight is 2110 g/mol. The molecule has 140 heavy (non-hydrogen) atoms. The van der Waals surface area contributed by atoms with E-state index in [9.17, 15) is 78.3 Å². The highest BCUT2D eigenvalue weighted by Gasteiger charge is 2.53. The molecule has 34 nitrogen and oxygen atoms in total. The molecule has 0 spiro atoms. The van der Waals surface area contributed by atoms with Crippen molar-refractivity contribution in [2.75, 3.05) is 52.1 Å². The monoisotopic (exact) mass is 2110 g/mol. The zero-order valence-electron chi connectivity index (χ0n) is 82.1. The van der Waals surface area contributed by atoms with Crippen LogP contribution in [0.25, 0.3) is 10.9 Å². The molecule has 10 N–H and O–H groups in total. The van der Waals surface area contributed by atoms with Crippen molar-refractivity contribution in [2.24, 2.45) is 29.1 Å². The van der Waals surface area contributed by atoms with E-state index in [1.54, 1.807) is 71.9 Å². The smallest absolute Gasteiger partial charge is 0.407 e. The van der Waals surface area contributed by atoms with Crippen molar-refractivity contribution in [3.05, 3.63) is 121 Å². The van der Waals surface area contributed by atoms with Crippen LogP contribution in [-0.2, 0) is 104 Å². The van der Waals surface area contributed by atoms with E-state index in [4.69, 9.17) is 56.9 Å². The molecule has 0 saturated carbocycles. The van der Waals surface area contributed by atoms with Gasteiger partial charge in [0, 0.05) is 139 Å². The second-order valence-corrected chi connectivity index (χ2v) is 43.9. The summed E-state index contributed by atoms with van der Waals surface area (Å²) in [6.07, 6.45) is -9.03. The third kappa shape index (κ3) is 29.2. The first-order valence-corrected chi connectivity index (χ1v) is 51.8. The molecule has 764 valence electrons. The predicted molar refractivity (Wildman–Crippen MR) is 531 cm³/mol. The van der Waals surface area contributed by atoms with Crippen molar-refractivity contribution >= 4 is 136 Å². The van der Waals surface area contributed by atoms with Crippen LogP contribution >= 0.6 is 55.9 Å². The van der Waals surface area contributed by atoms with Crippen molar-refractivity contribution in [1.82, 2.24) is 26.0 Å². The molecule has 3 aromatic carbocycles. The van der Waals surface area contributed by atoms with E-state index < -0.39 is 162 Å². The van der Waals surface area contributed by atoms with Gasteiger partial charge in [0.05, 0.1) is 90.5 Å². The number of ketones is 4. The summed E-state index contributed by atoms with van der Waals surface area (Å²) < 4.78 is 66.9. The molecule has 2 aliphatic carbocycles. The maximum Gasteiger partial charge on any atom is 0.407 e. The lowest BCUT2D eigenvalue weighted by atomic mass is 9.72. The van der Waals surface area contributed by atoms with Crippen molar-refractivity contribution in [1.29, 1.82) is 0 Å². The number of aromatic amines is 1. The number of H-pyrrole nitrogens is 1. The molecule has 7 aliphatic rings. The van der Waals surface area contributed by atoms with Gasteiger partial charge in [0.1, 0.15) is 66.3 Å². The first kappa shape index (κ1) is 112. The number of benzene rings is 3. The van der Waals surface area contributed by atoms with E-state index in [0.29, 0.717) is 58.1 Å². The lowest BCUT2D eigenvalue weighted by Gasteiger charge is -2.46. The number of hydroxylamine groups is 1. The van der Waals surface area contributed by atoms with Crippen LogP contribution in [-0.4, -0.2) is 260 Å². The van der Waals surface area contributed by atoms with Crippen LogP contribution in [0.2, 0.25) is 0 Å². The Kier molecular flexibility index (Phi) is 40.6.